The number of thioether (sulfide) groups is 1. The summed E-state index contributed by atoms with van der Waals surface area (Å²) < 4.78 is 7.66. The van der Waals surface area contributed by atoms with Gasteiger partial charge in [0.25, 0.3) is 5.56 Å². The second kappa shape index (κ2) is 8.28. The summed E-state index contributed by atoms with van der Waals surface area (Å²) in [4.78, 5) is 18.0. The Hall–Kier alpha value is -2.11. The van der Waals surface area contributed by atoms with Gasteiger partial charge in [-0.25, -0.2) is 4.98 Å². The molecule has 4 nitrogen and oxygen atoms in total. The number of hydrogen-bond donors (Lipinski definition) is 0. The molecule has 4 rings (SSSR count). The van der Waals surface area contributed by atoms with Crippen LogP contribution in [0.25, 0.3) is 10.9 Å². The Morgan fingerprint density at radius 1 is 1.15 bits per heavy atom. The molecular weight excluding hydrogens is 356 g/mol. The van der Waals surface area contributed by atoms with Crippen LogP contribution in [0.1, 0.15) is 30.4 Å². The summed E-state index contributed by atoms with van der Waals surface area (Å²) in [6.07, 6.45) is 3.70. The zero-order valence-corrected chi connectivity index (χ0v) is 16.4. The number of aromatic nitrogens is 2. The molecule has 140 valence electrons. The van der Waals surface area contributed by atoms with Crippen LogP contribution in [0.15, 0.2) is 58.5 Å². The molecule has 3 aromatic rings. The van der Waals surface area contributed by atoms with Crippen LogP contribution in [0.2, 0.25) is 0 Å². The van der Waals surface area contributed by atoms with E-state index in [1.54, 1.807) is 16.3 Å². The Morgan fingerprint density at radius 3 is 2.74 bits per heavy atom. The summed E-state index contributed by atoms with van der Waals surface area (Å²) in [5.74, 6) is 0.832. The quantitative estimate of drug-likeness (QED) is 0.486. The highest BCUT2D eigenvalue weighted by Gasteiger charge is 2.17. The zero-order valence-electron chi connectivity index (χ0n) is 15.6. The molecule has 1 atom stereocenters. The van der Waals surface area contributed by atoms with E-state index in [-0.39, 0.29) is 11.7 Å². The molecule has 1 saturated heterocycles. The van der Waals surface area contributed by atoms with Gasteiger partial charge in [-0.1, -0.05) is 53.7 Å². The molecule has 0 unspecified atom stereocenters. The molecule has 0 spiro atoms. The van der Waals surface area contributed by atoms with Gasteiger partial charge in [-0.15, -0.1) is 0 Å². The van der Waals surface area contributed by atoms with Crippen molar-refractivity contribution in [3.05, 3.63) is 70.0 Å². The van der Waals surface area contributed by atoms with Crippen molar-refractivity contribution < 1.29 is 4.74 Å². The van der Waals surface area contributed by atoms with Crippen LogP contribution in [0.3, 0.4) is 0 Å². The van der Waals surface area contributed by atoms with Crippen molar-refractivity contribution in [3.63, 3.8) is 0 Å². The van der Waals surface area contributed by atoms with E-state index in [4.69, 9.17) is 9.72 Å². The van der Waals surface area contributed by atoms with Crippen molar-refractivity contribution in [3.8, 4) is 0 Å². The van der Waals surface area contributed by atoms with E-state index in [2.05, 4.69) is 31.2 Å². The summed E-state index contributed by atoms with van der Waals surface area (Å²) in [5.41, 5.74) is 3.10. The van der Waals surface area contributed by atoms with Crippen LogP contribution in [-0.2, 0) is 11.3 Å². The van der Waals surface area contributed by atoms with Crippen molar-refractivity contribution in [2.24, 2.45) is 0 Å². The predicted octanol–water partition coefficient (Wildman–Crippen LogP) is 4.41. The molecule has 2 heterocycles. The third-order valence-electron chi connectivity index (χ3n) is 4.96. The molecule has 5 heteroatoms. The number of benzene rings is 2. The number of fused-ring (bicyclic) bond motifs is 1. The van der Waals surface area contributed by atoms with Crippen molar-refractivity contribution >= 4 is 22.7 Å². The Labute approximate surface area is 163 Å². The summed E-state index contributed by atoms with van der Waals surface area (Å²) >= 11 is 1.63. The monoisotopic (exact) mass is 380 g/mol. The highest BCUT2D eigenvalue weighted by atomic mass is 32.2. The molecule has 1 aromatic heterocycles. The van der Waals surface area contributed by atoms with Gasteiger partial charge < -0.3 is 4.74 Å². The fourth-order valence-corrected chi connectivity index (χ4v) is 4.44. The average molecular weight is 381 g/mol. The smallest absolute Gasteiger partial charge is 0.262 e. The molecule has 1 aliphatic heterocycles. The minimum Gasteiger partial charge on any atom is -0.377 e. The summed E-state index contributed by atoms with van der Waals surface area (Å²) in [7, 11) is 0. The lowest BCUT2D eigenvalue weighted by molar-refractivity contribution is 0.0315. The SMILES string of the molecule is Cc1ccc(Cn2c(SC[C@@H]3CCCCO3)nc3ccccc3c2=O)cc1. The van der Waals surface area contributed by atoms with Gasteiger partial charge in [0.05, 0.1) is 23.6 Å². The minimum atomic E-state index is 0.0215. The van der Waals surface area contributed by atoms with E-state index in [1.807, 2.05) is 24.3 Å². The molecule has 1 fully saturated rings. The zero-order chi connectivity index (χ0) is 18.6. The lowest BCUT2D eigenvalue weighted by Crippen LogP contribution is -2.26. The van der Waals surface area contributed by atoms with E-state index >= 15 is 0 Å². The standard InChI is InChI=1S/C22H24N2O2S/c1-16-9-11-17(12-10-16)14-24-21(25)19-7-2-3-8-20(19)23-22(24)27-15-18-6-4-5-13-26-18/h2-3,7-12,18H,4-6,13-15H2,1H3/t18-/m0/s1. The number of aryl methyl sites for hydroxylation is 1. The van der Waals surface area contributed by atoms with Crippen molar-refractivity contribution in [2.45, 2.75) is 44.0 Å². The van der Waals surface area contributed by atoms with Crippen molar-refractivity contribution in [1.82, 2.24) is 9.55 Å². The first-order valence-electron chi connectivity index (χ1n) is 9.50. The first kappa shape index (κ1) is 18.3. The van der Waals surface area contributed by atoms with E-state index in [0.717, 1.165) is 41.4 Å². The summed E-state index contributed by atoms with van der Waals surface area (Å²) in [6.45, 7) is 3.44. The van der Waals surface area contributed by atoms with Gasteiger partial charge >= 0.3 is 0 Å². The average Bonchev–Trinajstić information content (AvgIpc) is 2.71. The topological polar surface area (TPSA) is 44.1 Å². The Balaban J connectivity index is 1.68. The largest absolute Gasteiger partial charge is 0.377 e. The molecule has 1 aliphatic rings. The first-order chi connectivity index (χ1) is 13.2. The first-order valence-corrected chi connectivity index (χ1v) is 10.5. The van der Waals surface area contributed by atoms with Crippen LogP contribution in [0.5, 0.6) is 0 Å². The van der Waals surface area contributed by atoms with Gasteiger partial charge in [-0.2, -0.15) is 0 Å². The highest BCUT2D eigenvalue weighted by Crippen LogP contribution is 2.24. The molecular formula is C22H24N2O2S. The van der Waals surface area contributed by atoms with E-state index < -0.39 is 0 Å². The fraction of sp³-hybridized carbons (Fsp3) is 0.364. The third-order valence-corrected chi connectivity index (χ3v) is 6.07. The molecule has 0 radical (unpaired) electrons. The summed E-state index contributed by atoms with van der Waals surface area (Å²) in [6, 6.07) is 15.9. The molecule has 0 saturated carbocycles. The highest BCUT2D eigenvalue weighted by molar-refractivity contribution is 7.99. The van der Waals surface area contributed by atoms with Crippen molar-refractivity contribution in [2.75, 3.05) is 12.4 Å². The maximum absolute atomic E-state index is 13.2. The second-order valence-corrected chi connectivity index (χ2v) is 8.08. The molecule has 0 aliphatic carbocycles. The predicted molar refractivity (Wildman–Crippen MR) is 111 cm³/mol. The second-order valence-electron chi connectivity index (χ2n) is 7.09. The number of ether oxygens (including phenoxy) is 1. The van der Waals surface area contributed by atoms with Gasteiger partial charge in [0.15, 0.2) is 5.16 Å². The lowest BCUT2D eigenvalue weighted by Gasteiger charge is -2.22. The van der Waals surface area contributed by atoms with Crippen LogP contribution >= 0.6 is 11.8 Å². The lowest BCUT2D eigenvalue weighted by atomic mass is 10.1. The molecule has 0 N–H and O–H groups in total. The molecule has 2 aromatic carbocycles. The molecule has 27 heavy (non-hydrogen) atoms. The van der Waals surface area contributed by atoms with E-state index in [1.165, 1.54) is 12.0 Å². The molecule has 0 amide bonds. The van der Waals surface area contributed by atoms with Gasteiger partial charge in [0.1, 0.15) is 0 Å². The van der Waals surface area contributed by atoms with E-state index in [9.17, 15) is 4.79 Å². The van der Waals surface area contributed by atoms with Crippen LogP contribution in [0.4, 0.5) is 0 Å². The van der Waals surface area contributed by atoms with E-state index in [0.29, 0.717) is 11.9 Å². The van der Waals surface area contributed by atoms with Gasteiger partial charge in [0, 0.05) is 12.4 Å². The number of para-hydroxylation sites is 1. The molecule has 0 bridgehead atoms. The Kier molecular flexibility index (Phi) is 5.60. The summed E-state index contributed by atoms with van der Waals surface area (Å²) in [5, 5.41) is 1.44. The maximum Gasteiger partial charge on any atom is 0.262 e. The fourth-order valence-electron chi connectivity index (χ4n) is 3.38. The number of rotatable bonds is 5. The van der Waals surface area contributed by atoms with Crippen LogP contribution in [0, 0.1) is 6.92 Å². The van der Waals surface area contributed by atoms with Crippen LogP contribution < -0.4 is 5.56 Å². The van der Waals surface area contributed by atoms with Gasteiger partial charge in [0.2, 0.25) is 0 Å². The Bertz CT molecular complexity index is 976. The normalized spacial score (nSPS) is 17.3. The van der Waals surface area contributed by atoms with Crippen molar-refractivity contribution in [1.29, 1.82) is 0 Å². The maximum atomic E-state index is 13.2. The number of hydrogen-bond acceptors (Lipinski definition) is 4. The van der Waals surface area contributed by atoms with Gasteiger partial charge in [-0.3, -0.25) is 9.36 Å². The Morgan fingerprint density at radius 2 is 1.96 bits per heavy atom. The minimum absolute atomic E-state index is 0.0215. The van der Waals surface area contributed by atoms with Gasteiger partial charge in [-0.05, 0) is 43.9 Å². The number of nitrogens with zero attached hydrogens (tertiary/aromatic N) is 2. The van der Waals surface area contributed by atoms with Crippen LogP contribution in [-0.4, -0.2) is 28.0 Å². The third kappa shape index (κ3) is 4.25.